The van der Waals surface area contributed by atoms with E-state index in [1.54, 1.807) is 0 Å². The van der Waals surface area contributed by atoms with Gasteiger partial charge in [-0.1, -0.05) is 0 Å². The molecular formula is C11H16BrClN2. The first-order valence-corrected chi connectivity index (χ1v) is 6.33. The Hall–Kier alpha value is -0.280. The number of nitrogens with one attached hydrogen (secondary N) is 1. The van der Waals surface area contributed by atoms with Crippen molar-refractivity contribution in [1.82, 2.24) is 4.98 Å². The Morgan fingerprint density at radius 2 is 2.33 bits per heavy atom. The van der Waals surface area contributed by atoms with Crippen LogP contribution in [0.2, 0.25) is 0 Å². The van der Waals surface area contributed by atoms with Crippen LogP contribution in [0.3, 0.4) is 0 Å². The van der Waals surface area contributed by atoms with Gasteiger partial charge in [-0.15, -0.1) is 11.6 Å². The summed E-state index contributed by atoms with van der Waals surface area (Å²) in [5.41, 5.74) is 1.19. The second-order valence-corrected chi connectivity index (χ2v) is 5.18. The summed E-state index contributed by atoms with van der Waals surface area (Å²) >= 11 is 9.37. The highest BCUT2D eigenvalue weighted by molar-refractivity contribution is 9.10. The van der Waals surface area contributed by atoms with E-state index in [1.165, 1.54) is 5.56 Å². The summed E-state index contributed by atoms with van der Waals surface area (Å²) in [7, 11) is 0. The molecule has 0 aliphatic carbocycles. The van der Waals surface area contributed by atoms with Crippen LogP contribution < -0.4 is 5.32 Å². The third-order valence-corrected chi connectivity index (χ3v) is 3.37. The van der Waals surface area contributed by atoms with Gasteiger partial charge in [0, 0.05) is 18.1 Å². The zero-order valence-electron chi connectivity index (χ0n) is 9.06. The number of nitrogens with zero attached hydrogens (tertiary/aromatic N) is 1. The van der Waals surface area contributed by atoms with Crippen molar-refractivity contribution in [2.24, 2.45) is 0 Å². The van der Waals surface area contributed by atoms with E-state index < -0.39 is 0 Å². The topological polar surface area (TPSA) is 24.9 Å². The maximum absolute atomic E-state index is 5.86. The first-order valence-electron chi connectivity index (χ1n) is 5.10. The first-order chi connectivity index (χ1) is 7.11. The number of rotatable bonds is 5. The second-order valence-electron chi connectivity index (χ2n) is 3.64. The predicted molar refractivity (Wildman–Crippen MR) is 69.7 cm³/mol. The Bertz CT molecular complexity index is 315. The van der Waals surface area contributed by atoms with E-state index in [2.05, 4.69) is 33.2 Å². The number of aryl methyl sites for hydroxylation is 1. The van der Waals surface area contributed by atoms with Gasteiger partial charge < -0.3 is 5.32 Å². The summed E-state index contributed by atoms with van der Waals surface area (Å²) in [4.78, 5) is 4.26. The molecule has 0 aromatic carbocycles. The molecule has 0 saturated heterocycles. The minimum Gasteiger partial charge on any atom is -0.369 e. The van der Waals surface area contributed by atoms with Gasteiger partial charge in [0.1, 0.15) is 5.82 Å². The SMILES string of the molecule is Cc1ccnc(NCCCC(C)Cl)c1Br. The van der Waals surface area contributed by atoms with Crippen molar-refractivity contribution in [3.63, 3.8) is 0 Å². The molecular weight excluding hydrogens is 275 g/mol. The van der Waals surface area contributed by atoms with Crippen molar-refractivity contribution in [3.8, 4) is 0 Å². The number of hydrogen-bond donors (Lipinski definition) is 1. The van der Waals surface area contributed by atoms with Crippen molar-refractivity contribution < 1.29 is 0 Å². The molecule has 1 aromatic heterocycles. The Morgan fingerprint density at radius 1 is 1.60 bits per heavy atom. The van der Waals surface area contributed by atoms with E-state index in [0.29, 0.717) is 0 Å². The molecule has 4 heteroatoms. The highest BCUT2D eigenvalue weighted by Gasteiger charge is 2.03. The Kier molecular flexibility index (Phi) is 5.40. The summed E-state index contributed by atoms with van der Waals surface area (Å²) in [5.74, 6) is 0.914. The first kappa shape index (κ1) is 12.8. The van der Waals surface area contributed by atoms with Gasteiger partial charge in [0.2, 0.25) is 0 Å². The van der Waals surface area contributed by atoms with Crippen LogP contribution in [0.25, 0.3) is 0 Å². The van der Waals surface area contributed by atoms with Gasteiger partial charge in [-0.05, 0) is 54.2 Å². The van der Waals surface area contributed by atoms with Crippen LogP contribution in [0.1, 0.15) is 25.3 Å². The molecule has 1 aromatic rings. The van der Waals surface area contributed by atoms with Gasteiger partial charge in [0.25, 0.3) is 0 Å². The van der Waals surface area contributed by atoms with Crippen molar-refractivity contribution >= 4 is 33.3 Å². The number of halogens is 2. The number of aromatic nitrogens is 1. The monoisotopic (exact) mass is 290 g/mol. The van der Waals surface area contributed by atoms with E-state index in [0.717, 1.165) is 29.7 Å². The quantitative estimate of drug-likeness (QED) is 0.656. The van der Waals surface area contributed by atoms with Crippen molar-refractivity contribution in [2.45, 2.75) is 32.1 Å². The van der Waals surface area contributed by atoms with Gasteiger partial charge in [-0.3, -0.25) is 0 Å². The zero-order chi connectivity index (χ0) is 11.3. The van der Waals surface area contributed by atoms with Crippen LogP contribution >= 0.6 is 27.5 Å². The molecule has 84 valence electrons. The Balaban J connectivity index is 2.41. The summed E-state index contributed by atoms with van der Waals surface area (Å²) in [5, 5.41) is 3.54. The molecule has 0 aliphatic rings. The van der Waals surface area contributed by atoms with E-state index in [-0.39, 0.29) is 5.38 Å². The molecule has 0 aliphatic heterocycles. The van der Waals surface area contributed by atoms with Gasteiger partial charge in [0.15, 0.2) is 0 Å². The lowest BCUT2D eigenvalue weighted by Gasteiger charge is -2.09. The van der Waals surface area contributed by atoms with Gasteiger partial charge in [-0.25, -0.2) is 4.98 Å². The molecule has 1 rings (SSSR count). The molecule has 1 heterocycles. The van der Waals surface area contributed by atoms with Crippen LogP contribution in [-0.2, 0) is 0 Å². The van der Waals surface area contributed by atoms with Crippen molar-refractivity contribution in [1.29, 1.82) is 0 Å². The van der Waals surface area contributed by atoms with Gasteiger partial charge in [-0.2, -0.15) is 0 Å². The van der Waals surface area contributed by atoms with Crippen LogP contribution in [0.15, 0.2) is 16.7 Å². The maximum atomic E-state index is 5.86. The highest BCUT2D eigenvalue weighted by atomic mass is 79.9. The van der Waals surface area contributed by atoms with Crippen LogP contribution in [-0.4, -0.2) is 16.9 Å². The van der Waals surface area contributed by atoms with Crippen LogP contribution in [0.5, 0.6) is 0 Å². The number of alkyl halides is 1. The largest absolute Gasteiger partial charge is 0.369 e. The summed E-state index contributed by atoms with van der Waals surface area (Å²) < 4.78 is 1.05. The Labute approximate surface area is 105 Å². The fourth-order valence-corrected chi connectivity index (χ4v) is 1.78. The summed E-state index contributed by atoms with van der Waals surface area (Å²) in [6, 6.07) is 1.98. The number of anilines is 1. The minimum absolute atomic E-state index is 0.251. The molecule has 1 atom stereocenters. The molecule has 1 N–H and O–H groups in total. The van der Waals surface area contributed by atoms with Crippen molar-refractivity contribution in [3.05, 3.63) is 22.3 Å². The number of hydrogen-bond acceptors (Lipinski definition) is 2. The van der Waals surface area contributed by atoms with Gasteiger partial charge >= 0.3 is 0 Å². The zero-order valence-corrected chi connectivity index (χ0v) is 11.4. The molecule has 0 radical (unpaired) electrons. The molecule has 0 saturated carbocycles. The van der Waals surface area contributed by atoms with E-state index >= 15 is 0 Å². The fraction of sp³-hybridized carbons (Fsp3) is 0.545. The molecule has 0 bridgehead atoms. The van der Waals surface area contributed by atoms with Crippen LogP contribution in [0, 0.1) is 6.92 Å². The van der Waals surface area contributed by atoms with E-state index in [9.17, 15) is 0 Å². The lowest BCUT2D eigenvalue weighted by atomic mass is 10.2. The molecule has 0 fully saturated rings. The Morgan fingerprint density at radius 3 is 3.00 bits per heavy atom. The maximum Gasteiger partial charge on any atom is 0.140 e. The normalized spacial score (nSPS) is 12.5. The highest BCUT2D eigenvalue weighted by Crippen LogP contribution is 2.23. The minimum atomic E-state index is 0.251. The van der Waals surface area contributed by atoms with E-state index in [4.69, 9.17) is 11.6 Å². The van der Waals surface area contributed by atoms with Crippen LogP contribution in [0.4, 0.5) is 5.82 Å². The number of pyridine rings is 1. The molecule has 0 spiro atoms. The van der Waals surface area contributed by atoms with Gasteiger partial charge in [0.05, 0.1) is 4.47 Å². The van der Waals surface area contributed by atoms with E-state index in [1.807, 2.05) is 19.2 Å². The third-order valence-electron chi connectivity index (χ3n) is 2.15. The smallest absolute Gasteiger partial charge is 0.140 e. The molecule has 1 unspecified atom stereocenters. The molecule has 2 nitrogen and oxygen atoms in total. The average Bonchev–Trinajstić information content (AvgIpc) is 2.18. The molecule has 15 heavy (non-hydrogen) atoms. The molecule has 0 amide bonds. The summed E-state index contributed by atoms with van der Waals surface area (Å²) in [6.07, 6.45) is 3.90. The second kappa shape index (κ2) is 6.33. The summed E-state index contributed by atoms with van der Waals surface area (Å²) in [6.45, 7) is 4.98. The fourth-order valence-electron chi connectivity index (χ4n) is 1.25. The predicted octanol–water partition coefficient (Wildman–Crippen LogP) is 3.97. The standard InChI is InChI=1S/C11H16BrClN2/c1-8-5-7-15-11(10(8)12)14-6-3-4-9(2)13/h5,7,9H,3-4,6H2,1-2H3,(H,14,15). The van der Waals surface area contributed by atoms with Crippen molar-refractivity contribution in [2.75, 3.05) is 11.9 Å². The third kappa shape index (κ3) is 4.39. The average molecular weight is 292 g/mol. The lowest BCUT2D eigenvalue weighted by molar-refractivity contribution is 0.749. The lowest BCUT2D eigenvalue weighted by Crippen LogP contribution is -2.06.